The molecule has 1 saturated heterocycles. The molecule has 2 aliphatic heterocycles. The zero-order chi connectivity index (χ0) is 16.4. The molecule has 1 N–H and O–H groups in total. The monoisotopic (exact) mass is 320 g/mol. The maximum Gasteiger partial charge on any atom is 0.242 e. The fourth-order valence-corrected chi connectivity index (χ4v) is 3.44. The number of tetrazole rings is 1. The molecule has 0 spiro atoms. The Morgan fingerprint density at radius 3 is 2.96 bits per heavy atom. The summed E-state index contributed by atoms with van der Waals surface area (Å²) in [5.41, 5.74) is 0. The molecule has 2 amide bonds. The first kappa shape index (κ1) is 15.9. The van der Waals surface area contributed by atoms with Crippen LogP contribution in [-0.2, 0) is 22.6 Å². The molecule has 0 bridgehead atoms. The van der Waals surface area contributed by atoms with Gasteiger partial charge in [-0.2, -0.15) is 0 Å². The van der Waals surface area contributed by atoms with Crippen molar-refractivity contribution in [1.82, 2.24) is 30.4 Å². The van der Waals surface area contributed by atoms with Crippen LogP contribution >= 0.6 is 0 Å². The average Bonchev–Trinajstić information content (AvgIpc) is 2.87. The number of nitrogens with zero attached hydrogens (tertiary/aromatic N) is 5. The summed E-state index contributed by atoms with van der Waals surface area (Å²) in [4.78, 5) is 27.0. The highest BCUT2D eigenvalue weighted by Gasteiger charge is 2.36. The van der Waals surface area contributed by atoms with Crippen LogP contribution in [0, 0.1) is 11.8 Å². The Bertz CT molecular complexity index is 562. The number of piperazine rings is 1. The zero-order valence-corrected chi connectivity index (χ0v) is 13.7. The van der Waals surface area contributed by atoms with E-state index in [4.69, 9.17) is 0 Å². The summed E-state index contributed by atoms with van der Waals surface area (Å²) in [6.07, 6.45) is 2.88. The highest BCUT2D eigenvalue weighted by Crippen LogP contribution is 2.24. The standard InChI is InChI=1S/C15H24N6O2/c1-10(2)9-12-14(22)16-6-8-20(12)15(23)11-3-4-13-17-18-19-21(13)7-5-11/h10-12H,3-9H2,1-2H3,(H,16,22)/t11-,12-/m0/s1. The minimum atomic E-state index is -0.337. The lowest BCUT2D eigenvalue weighted by molar-refractivity contribution is -0.147. The molecule has 2 aliphatic rings. The topological polar surface area (TPSA) is 93.0 Å². The molecule has 126 valence electrons. The van der Waals surface area contributed by atoms with Crippen molar-refractivity contribution in [3.05, 3.63) is 5.82 Å². The average molecular weight is 320 g/mol. The van der Waals surface area contributed by atoms with Gasteiger partial charge in [0.2, 0.25) is 11.8 Å². The lowest BCUT2D eigenvalue weighted by Crippen LogP contribution is -2.58. The van der Waals surface area contributed by atoms with E-state index < -0.39 is 0 Å². The lowest BCUT2D eigenvalue weighted by Gasteiger charge is -2.37. The molecule has 0 aromatic carbocycles. The highest BCUT2D eigenvalue weighted by molar-refractivity contribution is 5.89. The quantitative estimate of drug-likeness (QED) is 0.846. The summed E-state index contributed by atoms with van der Waals surface area (Å²) in [6, 6.07) is -0.337. The van der Waals surface area contributed by atoms with E-state index in [0.29, 0.717) is 38.4 Å². The van der Waals surface area contributed by atoms with E-state index in [9.17, 15) is 9.59 Å². The van der Waals surface area contributed by atoms with Crippen LogP contribution < -0.4 is 5.32 Å². The normalized spacial score (nSPS) is 25.0. The number of carbonyl (C=O) groups is 2. The molecule has 2 atom stereocenters. The van der Waals surface area contributed by atoms with E-state index in [0.717, 1.165) is 18.7 Å². The van der Waals surface area contributed by atoms with Crippen LogP contribution in [0.25, 0.3) is 0 Å². The Kier molecular flexibility index (Phi) is 4.58. The molecular formula is C15H24N6O2. The van der Waals surface area contributed by atoms with Gasteiger partial charge in [-0.3, -0.25) is 9.59 Å². The van der Waals surface area contributed by atoms with Crippen molar-refractivity contribution in [2.45, 2.75) is 52.1 Å². The molecule has 0 aliphatic carbocycles. The maximum atomic E-state index is 13.0. The fraction of sp³-hybridized carbons (Fsp3) is 0.800. The van der Waals surface area contributed by atoms with Gasteiger partial charge in [0, 0.05) is 32.0 Å². The Morgan fingerprint density at radius 1 is 1.35 bits per heavy atom. The van der Waals surface area contributed by atoms with Crippen LogP contribution in [0.15, 0.2) is 0 Å². The van der Waals surface area contributed by atoms with Gasteiger partial charge in [-0.25, -0.2) is 4.68 Å². The first-order valence-electron chi connectivity index (χ1n) is 8.39. The summed E-state index contributed by atoms with van der Waals surface area (Å²) in [5.74, 6) is 1.22. The van der Waals surface area contributed by atoms with E-state index in [1.54, 1.807) is 9.58 Å². The van der Waals surface area contributed by atoms with E-state index >= 15 is 0 Å². The van der Waals surface area contributed by atoms with Crippen molar-refractivity contribution in [1.29, 1.82) is 0 Å². The number of rotatable bonds is 3. The van der Waals surface area contributed by atoms with Crippen molar-refractivity contribution in [3.63, 3.8) is 0 Å². The molecule has 23 heavy (non-hydrogen) atoms. The second-order valence-corrected chi connectivity index (χ2v) is 6.81. The van der Waals surface area contributed by atoms with Crippen LogP contribution in [0.4, 0.5) is 0 Å². The van der Waals surface area contributed by atoms with Crippen molar-refractivity contribution in [2.24, 2.45) is 11.8 Å². The number of nitrogens with one attached hydrogen (secondary N) is 1. The number of fused-ring (bicyclic) bond motifs is 1. The van der Waals surface area contributed by atoms with Crippen LogP contribution in [0.1, 0.15) is 38.9 Å². The van der Waals surface area contributed by atoms with Crippen molar-refractivity contribution in [2.75, 3.05) is 13.1 Å². The third kappa shape index (κ3) is 3.35. The predicted molar refractivity (Wildman–Crippen MR) is 82.2 cm³/mol. The minimum absolute atomic E-state index is 0.0225. The Labute approximate surface area is 135 Å². The largest absolute Gasteiger partial charge is 0.353 e. The number of aryl methyl sites for hydroxylation is 2. The Hall–Kier alpha value is -1.99. The van der Waals surface area contributed by atoms with Gasteiger partial charge in [0.25, 0.3) is 0 Å². The molecule has 3 rings (SSSR count). The second kappa shape index (κ2) is 6.64. The summed E-state index contributed by atoms with van der Waals surface area (Å²) in [7, 11) is 0. The first-order valence-corrected chi connectivity index (χ1v) is 8.39. The summed E-state index contributed by atoms with van der Waals surface area (Å²) in [5, 5.41) is 14.5. The van der Waals surface area contributed by atoms with Crippen LogP contribution in [0.2, 0.25) is 0 Å². The van der Waals surface area contributed by atoms with Crippen LogP contribution in [0.5, 0.6) is 0 Å². The number of carbonyl (C=O) groups excluding carboxylic acids is 2. The van der Waals surface area contributed by atoms with Gasteiger partial charge in [-0.05, 0) is 35.6 Å². The third-order valence-electron chi connectivity index (χ3n) is 4.67. The Morgan fingerprint density at radius 2 is 2.17 bits per heavy atom. The number of amides is 2. The van der Waals surface area contributed by atoms with Crippen LogP contribution in [0.3, 0.4) is 0 Å². The zero-order valence-electron chi connectivity index (χ0n) is 13.7. The number of aromatic nitrogens is 4. The predicted octanol–water partition coefficient (Wildman–Crippen LogP) is -0.00130. The van der Waals surface area contributed by atoms with E-state index in [-0.39, 0.29) is 23.8 Å². The van der Waals surface area contributed by atoms with Gasteiger partial charge in [0.1, 0.15) is 6.04 Å². The van der Waals surface area contributed by atoms with Crippen molar-refractivity contribution < 1.29 is 9.59 Å². The number of hydrogen-bond acceptors (Lipinski definition) is 5. The first-order chi connectivity index (χ1) is 11.1. The van der Waals surface area contributed by atoms with Gasteiger partial charge >= 0.3 is 0 Å². The molecule has 1 aromatic heterocycles. The van der Waals surface area contributed by atoms with E-state index in [1.165, 1.54) is 0 Å². The minimum Gasteiger partial charge on any atom is -0.353 e. The highest BCUT2D eigenvalue weighted by atomic mass is 16.2. The summed E-state index contributed by atoms with van der Waals surface area (Å²) < 4.78 is 1.78. The lowest BCUT2D eigenvalue weighted by atomic mass is 9.94. The van der Waals surface area contributed by atoms with Gasteiger partial charge in [0.05, 0.1) is 0 Å². The molecule has 1 aromatic rings. The second-order valence-electron chi connectivity index (χ2n) is 6.81. The Balaban J connectivity index is 1.70. The molecule has 0 unspecified atom stereocenters. The third-order valence-corrected chi connectivity index (χ3v) is 4.67. The summed E-state index contributed by atoms with van der Waals surface area (Å²) >= 11 is 0. The molecule has 8 heteroatoms. The summed E-state index contributed by atoms with van der Waals surface area (Å²) in [6.45, 7) is 5.96. The molecule has 8 nitrogen and oxygen atoms in total. The maximum absolute atomic E-state index is 13.0. The smallest absolute Gasteiger partial charge is 0.242 e. The van der Waals surface area contributed by atoms with Gasteiger partial charge in [-0.1, -0.05) is 13.8 Å². The molecular weight excluding hydrogens is 296 g/mol. The van der Waals surface area contributed by atoms with Crippen molar-refractivity contribution >= 4 is 11.8 Å². The van der Waals surface area contributed by atoms with Crippen molar-refractivity contribution in [3.8, 4) is 0 Å². The van der Waals surface area contributed by atoms with Gasteiger partial charge in [-0.15, -0.1) is 5.10 Å². The molecule has 3 heterocycles. The molecule has 1 fully saturated rings. The van der Waals surface area contributed by atoms with Gasteiger partial charge in [0.15, 0.2) is 5.82 Å². The molecule has 0 saturated carbocycles. The van der Waals surface area contributed by atoms with E-state index in [2.05, 4.69) is 34.7 Å². The fourth-order valence-electron chi connectivity index (χ4n) is 3.44. The number of hydrogen-bond donors (Lipinski definition) is 1. The molecule has 0 radical (unpaired) electrons. The van der Waals surface area contributed by atoms with Gasteiger partial charge < -0.3 is 10.2 Å². The van der Waals surface area contributed by atoms with Crippen LogP contribution in [-0.4, -0.2) is 56.1 Å². The van der Waals surface area contributed by atoms with E-state index in [1.807, 2.05) is 0 Å². The SMILES string of the molecule is CC(C)C[C@H]1C(=O)NCCN1C(=O)[C@H]1CCc2nnnn2CC1.